The van der Waals surface area contributed by atoms with Crippen LogP contribution < -0.4 is 5.32 Å². The van der Waals surface area contributed by atoms with Gasteiger partial charge in [-0.1, -0.05) is 6.92 Å². The van der Waals surface area contributed by atoms with Crippen molar-refractivity contribution in [3.05, 3.63) is 12.2 Å². The molecule has 1 aliphatic carbocycles. The van der Waals surface area contributed by atoms with E-state index in [2.05, 4.69) is 27.0 Å². The molecule has 1 aliphatic heterocycles. The molecule has 4 nitrogen and oxygen atoms in total. The van der Waals surface area contributed by atoms with Gasteiger partial charge in [0.1, 0.15) is 12.2 Å². The normalized spacial score (nSPS) is 32.4. The molecule has 0 aromatic carbocycles. The Morgan fingerprint density at radius 2 is 2.29 bits per heavy atom. The standard InChI is InChI=1S/C10H16N4/c1-7-4-11-5-9(7)10-13-12-6-14(10)8-2-3-8/h6-9,11H,2-5H2,1H3/t7-,9-/m1/s1. The minimum atomic E-state index is 0.568. The lowest BCUT2D eigenvalue weighted by Crippen LogP contribution is -2.14. The van der Waals surface area contributed by atoms with Gasteiger partial charge in [0.25, 0.3) is 0 Å². The summed E-state index contributed by atoms with van der Waals surface area (Å²) < 4.78 is 2.29. The molecule has 0 amide bonds. The number of rotatable bonds is 2. The lowest BCUT2D eigenvalue weighted by Gasteiger charge is -2.14. The highest BCUT2D eigenvalue weighted by Gasteiger charge is 2.33. The van der Waals surface area contributed by atoms with Crippen LogP contribution in [0.5, 0.6) is 0 Å². The monoisotopic (exact) mass is 192 g/mol. The number of aromatic nitrogens is 3. The zero-order chi connectivity index (χ0) is 9.54. The van der Waals surface area contributed by atoms with E-state index in [4.69, 9.17) is 0 Å². The van der Waals surface area contributed by atoms with Crippen LogP contribution in [0.15, 0.2) is 6.33 Å². The summed E-state index contributed by atoms with van der Waals surface area (Å²) >= 11 is 0. The summed E-state index contributed by atoms with van der Waals surface area (Å²) in [6.45, 7) is 4.46. The molecule has 3 rings (SSSR count). The van der Waals surface area contributed by atoms with Crippen molar-refractivity contribution in [2.75, 3.05) is 13.1 Å². The maximum atomic E-state index is 4.28. The molecular weight excluding hydrogens is 176 g/mol. The highest BCUT2D eigenvalue weighted by molar-refractivity contribution is 5.06. The second kappa shape index (κ2) is 3.05. The predicted octanol–water partition coefficient (Wildman–Crippen LogP) is 0.936. The average molecular weight is 192 g/mol. The molecule has 1 saturated carbocycles. The molecule has 1 saturated heterocycles. The van der Waals surface area contributed by atoms with Gasteiger partial charge in [0.2, 0.25) is 0 Å². The largest absolute Gasteiger partial charge is 0.316 e. The van der Waals surface area contributed by atoms with Crippen molar-refractivity contribution in [1.82, 2.24) is 20.1 Å². The molecule has 0 unspecified atom stereocenters. The van der Waals surface area contributed by atoms with Crippen molar-refractivity contribution in [3.8, 4) is 0 Å². The molecule has 2 fully saturated rings. The minimum absolute atomic E-state index is 0.568. The van der Waals surface area contributed by atoms with Crippen molar-refractivity contribution in [1.29, 1.82) is 0 Å². The molecule has 1 aromatic heterocycles. The van der Waals surface area contributed by atoms with Crippen LogP contribution in [0.1, 0.15) is 37.5 Å². The van der Waals surface area contributed by atoms with E-state index in [1.165, 1.54) is 18.7 Å². The van der Waals surface area contributed by atoms with Gasteiger partial charge < -0.3 is 9.88 Å². The molecular formula is C10H16N4. The molecule has 2 heterocycles. The van der Waals surface area contributed by atoms with Gasteiger partial charge in [-0.05, 0) is 25.3 Å². The van der Waals surface area contributed by atoms with Crippen LogP contribution in [-0.2, 0) is 0 Å². The fourth-order valence-corrected chi connectivity index (χ4v) is 2.31. The van der Waals surface area contributed by atoms with E-state index < -0.39 is 0 Å². The Morgan fingerprint density at radius 1 is 1.43 bits per heavy atom. The highest BCUT2D eigenvalue weighted by atomic mass is 15.3. The molecule has 0 radical (unpaired) electrons. The van der Waals surface area contributed by atoms with Crippen molar-refractivity contribution in [2.24, 2.45) is 5.92 Å². The van der Waals surface area contributed by atoms with Gasteiger partial charge in [-0.3, -0.25) is 0 Å². The summed E-state index contributed by atoms with van der Waals surface area (Å²) in [6.07, 6.45) is 4.51. The molecule has 1 aromatic rings. The lowest BCUT2D eigenvalue weighted by atomic mass is 9.97. The van der Waals surface area contributed by atoms with Crippen LogP contribution in [0.4, 0.5) is 0 Å². The van der Waals surface area contributed by atoms with Crippen LogP contribution in [0.3, 0.4) is 0 Å². The second-order valence-corrected chi connectivity index (χ2v) is 4.57. The summed E-state index contributed by atoms with van der Waals surface area (Å²) in [5.41, 5.74) is 0. The molecule has 4 heteroatoms. The van der Waals surface area contributed by atoms with E-state index in [9.17, 15) is 0 Å². The van der Waals surface area contributed by atoms with E-state index in [1.807, 2.05) is 6.33 Å². The maximum absolute atomic E-state index is 4.28. The van der Waals surface area contributed by atoms with Crippen LogP contribution in [0, 0.1) is 5.92 Å². The van der Waals surface area contributed by atoms with E-state index in [1.54, 1.807) is 0 Å². The summed E-state index contributed by atoms with van der Waals surface area (Å²) in [5, 5.41) is 11.7. The Bertz CT molecular complexity index is 329. The molecule has 14 heavy (non-hydrogen) atoms. The summed E-state index contributed by atoms with van der Waals surface area (Å²) in [4.78, 5) is 0. The van der Waals surface area contributed by atoms with E-state index >= 15 is 0 Å². The Hall–Kier alpha value is -0.900. The minimum Gasteiger partial charge on any atom is -0.316 e. The number of nitrogens with zero attached hydrogens (tertiary/aromatic N) is 3. The quantitative estimate of drug-likeness (QED) is 0.758. The van der Waals surface area contributed by atoms with Crippen molar-refractivity contribution < 1.29 is 0 Å². The number of nitrogens with one attached hydrogen (secondary N) is 1. The average Bonchev–Trinajstić information content (AvgIpc) is 2.75. The number of hydrogen-bond donors (Lipinski definition) is 1. The Kier molecular flexibility index (Phi) is 1.83. The van der Waals surface area contributed by atoms with Crippen molar-refractivity contribution in [3.63, 3.8) is 0 Å². The zero-order valence-electron chi connectivity index (χ0n) is 8.48. The second-order valence-electron chi connectivity index (χ2n) is 4.57. The van der Waals surface area contributed by atoms with E-state index in [0.29, 0.717) is 17.9 Å². The Balaban J connectivity index is 1.90. The van der Waals surface area contributed by atoms with E-state index in [0.717, 1.165) is 13.1 Å². The van der Waals surface area contributed by atoms with Crippen LogP contribution in [0.25, 0.3) is 0 Å². The first-order chi connectivity index (χ1) is 6.86. The van der Waals surface area contributed by atoms with Gasteiger partial charge in [0, 0.05) is 18.5 Å². The third kappa shape index (κ3) is 1.25. The van der Waals surface area contributed by atoms with Gasteiger partial charge in [0.15, 0.2) is 0 Å². The lowest BCUT2D eigenvalue weighted by molar-refractivity contribution is 0.514. The molecule has 1 N–H and O–H groups in total. The molecule has 2 atom stereocenters. The first-order valence-electron chi connectivity index (χ1n) is 5.46. The fraction of sp³-hybridized carbons (Fsp3) is 0.800. The third-order valence-electron chi connectivity index (χ3n) is 3.39. The van der Waals surface area contributed by atoms with Gasteiger partial charge in [-0.15, -0.1) is 10.2 Å². The third-order valence-corrected chi connectivity index (χ3v) is 3.39. The van der Waals surface area contributed by atoms with Crippen molar-refractivity contribution >= 4 is 0 Å². The van der Waals surface area contributed by atoms with Gasteiger partial charge >= 0.3 is 0 Å². The topological polar surface area (TPSA) is 42.7 Å². The molecule has 0 spiro atoms. The van der Waals surface area contributed by atoms with Gasteiger partial charge in [0.05, 0.1) is 0 Å². The smallest absolute Gasteiger partial charge is 0.137 e. The Labute approximate surface area is 83.7 Å². The van der Waals surface area contributed by atoms with Crippen LogP contribution in [-0.4, -0.2) is 27.9 Å². The van der Waals surface area contributed by atoms with Gasteiger partial charge in [-0.2, -0.15) is 0 Å². The number of hydrogen-bond acceptors (Lipinski definition) is 3. The summed E-state index contributed by atoms with van der Waals surface area (Å²) in [5.74, 6) is 2.46. The highest BCUT2D eigenvalue weighted by Crippen LogP contribution is 2.38. The van der Waals surface area contributed by atoms with Crippen LogP contribution >= 0.6 is 0 Å². The summed E-state index contributed by atoms with van der Waals surface area (Å²) in [7, 11) is 0. The zero-order valence-corrected chi connectivity index (χ0v) is 8.48. The fourth-order valence-electron chi connectivity index (χ4n) is 2.31. The first kappa shape index (κ1) is 8.41. The van der Waals surface area contributed by atoms with E-state index in [-0.39, 0.29) is 0 Å². The molecule has 76 valence electrons. The van der Waals surface area contributed by atoms with Crippen molar-refractivity contribution in [2.45, 2.75) is 31.7 Å². The molecule has 2 aliphatic rings. The maximum Gasteiger partial charge on any atom is 0.137 e. The predicted molar refractivity (Wildman–Crippen MR) is 53.1 cm³/mol. The Morgan fingerprint density at radius 3 is 2.93 bits per heavy atom. The van der Waals surface area contributed by atoms with Crippen LogP contribution in [0.2, 0.25) is 0 Å². The first-order valence-corrected chi connectivity index (χ1v) is 5.46. The summed E-state index contributed by atoms with van der Waals surface area (Å²) in [6, 6.07) is 0.702. The molecule has 0 bridgehead atoms. The SMILES string of the molecule is C[C@@H]1CNC[C@H]1c1nncn1C1CC1. The van der Waals surface area contributed by atoms with Gasteiger partial charge in [-0.25, -0.2) is 0 Å².